The van der Waals surface area contributed by atoms with E-state index in [1.807, 2.05) is 47.8 Å². The van der Waals surface area contributed by atoms with Crippen molar-refractivity contribution in [3.63, 3.8) is 0 Å². The molecular weight excluding hydrogens is 371 g/mol. The van der Waals surface area contributed by atoms with Crippen molar-refractivity contribution in [2.24, 2.45) is 14.1 Å². The first-order chi connectivity index (χ1) is 13.8. The number of nitrogens with zero attached hydrogens (tertiary/aromatic N) is 4. The molecule has 0 saturated heterocycles. The highest BCUT2D eigenvalue weighted by Crippen LogP contribution is 2.31. The third-order valence-corrected chi connectivity index (χ3v) is 5.20. The van der Waals surface area contributed by atoms with E-state index in [0.29, 0.717) is 22.2 Å². The van der Waals surface area contributed by atoms with Crippen LogP contribution < -0.4 is 16.1 Å². The van der Waals surface area contributed by atoms with Gasteiger partial charge in [0.1, 0.15) is 5.82 Å². The topological polar surface area (TPSA) is 52.2 Å². The van der Waals surface area contributed by atoms with Crippen LogP contribution in [0.2, 0.25) is 0 Å². The number of anilines is 1. The number of aryl methyl sites for hydroxylation is 1. The first-order valence-electron chi connectivity index (χ1n) is 9.14. The van der Waals surface area contributed by atoms with Gasteiger partial charge in [0.2, 0.25) is 0 Å². The van der Waals surface area contributed by atoms with Crippen LogP contribution in [0.1, 0.15) is 0 Å². The Morgan fingerprint density at radius 2 is 1.48 bits per heavy atom. The van der Waals surface area contributed by atoms with Crippen molar-refractivity contribution >= 4 is 16.6 Å². The highest BCUT2D eigenvalue weighted by atomic mass is 19.1. The van der Waals surface area contributed by atoms with Gasteiger partial charge in [0.25, 0.3) is 5.56 Å². The zero-order valence-electron chi connectivity index (χ0n) is 16.7. The zero-order valence-corrected chi connectivity index (χ0v) is 16.7. The molecule has 2 heterocycles. The number of rotatable bonds is 3. The third kappa shape index (κ3) is 2.95. The van der Waals surface area contributed by atoms with E-state index in [0.717, 1.165) is 15.9 Å². The number of hydrogen-bond acceptors (Lipinski definition) is 3. The van der Waals surface area contributed by atoms with Crippen molar-refractivity contribution in [3.05, 3.63) is 81.4 Å². The summed E-state index contributed by atoms with van der Waals surface area (Å²) in [5, 5.41) is 0.415. The third-order valence-electron chi connectivity index (χ3n) is 5.20. The van der Waals surface area contributed by atoms with Crippen molar-refractivity contribution in [1.82, 2.24) is 13.7 Å². The Hall–Kier alpha value is -3.61. The van der Waals surface area contributed by atoms with Crippen LogP contribution in [0.3, 0.4) is 0 Å². The summed E-state index contributed by atoms with van der Waals surface area (Å²) in [5.74, 6) is -0.355. The number of halogens is 1. The molecule has 0 radical (unpaired) electrons. The van der Waals surface area contributed by atoms with Crippen LogP contribution in [0, 0.1) is 5.82 Å². The Balaban J connectivity index is 2.11. The monoisotopic (exact) mass is 392 g/mol. The molecule has 148 valence electrons. The zero-order chi connectivity index (χ0) is 20.9. The molecular formula is C22H21FN4O2. The molecule has 0 aliphatic carbocycles. The molecule has 0 amide bonds. The van der Waals surface area contributed by atoms with Crippen molar-refractivity contribution in [2.45, 2.75) is 0 Å². The van der Waals surface area contributed by atoms with E-state index >= 15 is 0 Å². The van der Waals surface area contributed by atoms with Crippen molar-refractivity contribution < 1.29 is 4.39 Å². The van der Waals surface area contributed by atoms with E-state index in [9.17, 15) is 14.0 Å². The molecule has 0 spiro atoms. The molecule has 0 unspecified atom stereocenters. The van der Waals surface area contributed by atoms with Gasteiger partial charge in [-0.3, -0.25) is 13.9 Å². The lowest BCUT2D eigenvalue weighted by atomic mass is 10.1. The summed E-state index contributed by atoms with van der Waals surface area (Å²) >= 11 is 0. The minimum atomic E-state index is -0.395. The first-order valence-corrected chi connectivity index (χ1v) is 9.14. The molecule has 0 N–H and O–H groups in total. The Kier molecular flexibility index (Phi) is 4.38. The number of hydrogen-bond donors (Lipinski definition) is 0. The minimum Gasteiger partial charge on any atom is -0.378 e. The summed E-state index contributed by atoms with van der Waals surface area (Å²) in [4.78, 5) is 27.4. The average Bonchev–Trinajstić information content (AvgIpc) is 3.12. The van der Waals surface area contributed by atoms with Crippen molar-refractivity contribution in [3.8, 4) is 16.9 Å². The van der Waals surface area contributed by atoms with Gasteiger partial charge >= 0.3 is 5.69 Å². The quantitative estimate of drug-likeness (QED) is 0.539. The largest absolute Gasteiger partial charge is 0.378 e. The van der Waals surface area contributed by atoms with Gasteiger partial charge in [-0.05, 0) is 54.1 Å². The van der Waals surface area contributed by atoms with E-state index in [1.165, 1.54) is 23.7 Å². The maximum atomic E-state index is 13.5. The second kappa shape index (κ2) is 6.77. The van der Waals surface area contributed by atoms with Gasteiger partial charge in [-0.1, -0.05) is 0 Å². The van der Waals surface area contributed by atoms with Crippen LogP contribution in [-0.2, 0) is 14.1 Å². The second-order valence-corrected chi connectivity index (χ2v) is 7.23. The molecule has 0 aliphatic heterocycles. The highest BCUT2D eigenvalue weighted by Gasteiger charge is 2.20. The molecule has 7 heteroatoms. The number of fused-ring (bicyclic) bond motifs is 1. The molecule has 6 nitrogen and oxygen atoms in total. The van der Waals surface area contributed by atoms with Gasteiger partial charge in [-0.25, -0.2) is 9.18 Å². The maximum absolute atomic E-state index is 13.5. The Morgan fingerprint density at radius 1 is 0.862 bits per heavy atom. The molecule has 0 saturated carbocycles. The lowest BCUT2D eigenvalue weighted by molar-refractivity contribution is 0.628. The lowest BCUT2D eigenvalue weighted by Crippen LogP contribution is -2.36. The Morgan fingerprint density at radius 3 is 2.07 bits per heavy atom. The average molecular weight is 392 g/mol. The predicted molar refractivity (Wildman–Crippen MR) is 113 cm³/mol. The Labute approximate surface area is 166 Å². The Bertz CT molecular complexity index is 1330. The minimum absolute atomic E-state index is 0.355. The summed E-state index contributed by atoms with van der Waals surface area (Å²) in [6.07, 6.45) is 1.78. The molecule has 0 fully saturated rings. The van der Waals surface area contributed by atoms with E-state index in [2.05, 4.69) is 0 Å². The van der Waals surface area contributed by atoms with Crippen LogP contribution in [0.25, 0.3) is 27.8 Å². The van der Waals surface area contributed by atoms with Crippen LogP contribution in [0.5, 0.6) is 0 Å². The first kappa shape index (κ1) is 18.7. The maximum Gasteiger partial charge on any atom is 0.330 e. The van der Waals surface area contributed by atoms with Crippen LogP contribution in [-0.4, -0.2) is 27.8 Å². The van der Waals surface area contributed by atoms with Crippen LogP contribution in [0.4, 0.5) is 10.1 Å². The van der Waals surface area contributed by atoms with Gasteiger partial charge < -0.3 is 9.47 Å². The number of aromatic nitrogens is 3. The fourth-order valence-corrected chi connectivity index (χ4v) is 3.55. The fourth-order valence-electron chi connectivity index (χ4n) is 3.55. The lowest BCUT2D eigenvalue weighted by Gasteiger charge is -2.14. The highest BCUT2D eigenvalue weighted by molar-refractivity contribution is 5.94. The normalized spacial score (nSPS) is 11.2. The van der Waals surface area contributed by atoms with E-state index in [-0.39, 0.29) is 11.4 Å². The van der Waals surface area contributed by atoms with Crippen molar-refractivity contribution in [1.29, 1.82) is 0 Å². The van der Waals surface area contributed by atoms with Gasteiger partial charge in [0, 0.05) is 45.8 Å². The van der Waals surface area contributed by atoms with E-state index in [1.54, 1.807) is 25.4 Å². The smallest absolute Gasteiger partial charge is 0.330 e. The molecule has 4 rings (SSSR count). The van der Waals surface area contributed by atoms with E-state index in [4.69, 9.17) is 0 Å². The van der Waals surface area contributed by atoms with Gasteiger partial charge in [0.05, 0.1) is 16.6 Å². The van der Waals surface area contributed by atoms with E-state index < -0.39 is 5.69 Å². The second-order valence-electron chi connectivity index (χ2n) is 7.23. The summed E-state index contributed by atoms with van der Waals surface area (Å²) in [6.45, 7) is 0. The fraction of sp³-hybridized carbons (Fsp3) is 0.182. The molecule has 0 aliphatic rings. The molecule has 0 bridgehead atoms. The molecule has 29 heavy (non-hydrogen) atoms. The summed E-state index contributed by atoms with van der Waals surface area (Å²) in [7, 11) is 7.02. The standard InChI is InChI=1S/C22H21FN4O2/c1-24(2)16-9-11-17(12-10-16)27-13-18-19(21(28)26(4)22(29)25(18)3)20(27)14-5-7-15(23)8-6-14/h5-13H,1-4H3. The van der Waals surface area contributed by atoms with Crippen LogP contribution >= 0.6 is 0 Å². The number of benzene rings is 2. The molecule has 0 atom stereocenters. The summed E-state index contributed by atoms with van der Waals surface area (Å²) < 4.78 is 17.9. The predicted octanol–water partition coefficient (Wildman–Crippen LogP) is 2.90. The molecule has 2 aromatic carbocycles. The van der Waals surface area contributed by atoms with Gasteiger partial charge in [-0.15, -0.1) is 0 Å². The van der Waals surface area contributed by atoms with Gasteiger partial charge in [-0.2, -0.15) is 0 Å². The summed E-state index contributed by atoms with van der Waals surface area (Å²) in [5.41, 5.74) is 2.92. The molecule has 2 aromatic heterocycles. The molecule has 4 aromatic rings. The van der Waals surface area contributed by atoms with Crippen LogP contribution in [0.15, 0.2) is 64.3 Å². The van der Waals surface area contributed by atoms with Crippen molar-refractivity contribution in [2.75, 3.05) is 19.0 Å². The van der Waals surface area contributed by atoms with Gasteiger partial charge in [0.15, 0.2) is 0 Å². The summed E-state index contributed by atoms with van der Waals surface area (Å²) in [6, 6.07) is 13.9. The SMILES string of the molecule is CN(C)c1ccc(-n2cc3c(c2-c2ccc(F)cc2)c(=O)n(C)c(=O)n3C)cc1.